The smallest absolute Gasteiger partial charge is 0.306 e. The van der Waals surface area contributed by atoms with Gasteiger partial charge in [0.05, 0.1) is 24.7 Å². The molecule has 0 radical (unpaired) electrons. The van der Waals surface area contributed by atoms with Gasteiger partial charge in [-0.25, -0.2) is 0 Å². The third kappa shape index (κ3) is 4.59. The van der Waals surface area contributed by atoms with Crippen molar-refractivity contribution in [2.75, 3.05) is 26.2 Å². The second-order valence-electron chi connectivity index (χ2n) is 4.59. The normalized spacial score (nSPS) is 23.7. The van der Waals surface area contributed by atoms with E-state index in [0.717, 1.165) is 13.1 Å². The average molecular weight is 217 g/mol. The Morgan fingerprint density at radius 1 is 1.60 bits per heavy atom. The van der Waals surface area contributed by atoms with Gasteiger partial charge in [-0.1, -0.05) is 0 Å². The first-order chi connectivity index (χ1) is 6.89. The number of nitrogens with zero attached hydrogens (tertiary/aromatic N) is 1. The number of carbonyl (C=O) groups is 1. The van der Waals surface area contributed by atoms with Crippen LogP contribution in [0.4, 0.5) is 0 Å². The van der Waals surface area contributed by atoms with E-state index < -0.39 is 12.1 Å². The predicted molar refractivity (Wildman–Crippen MR) is 54.7 cm³/mol. The fourth-order valence-corrected chi connectivity index (χ4v) is 1.83. The molecule has 1 heterocycles. The summed E-state index contributed by atoms with van der Waals surface area (Å²) < 4.78 is 5.52. The third-order valence-corrected chi connectivity index (χ3v) is 2.38. The average Bonchev–Trinajstić information content (AvgIpc) is 1.99. The van der Waals surface area contributed by atoms with Gasteiger partial charge in [-0.05, 0) is 13.8 Å². The second-order valence-corrected chi connectivity index (χ2v) is 4.59. The number of morpholine rings is 1. The fourth-order valence-electron chi connectivity index (χ4n) is 1.83. The predicted octanol–water partition coefficient (Wildman–Crippen LogP) is -0.0672. The zero-order chi connectivity index (χ0) is 11.5. The maximum Gasteiger partial charge on any atom is 0.306 e. The topological polar surface area (TPSA) is 70.0 Å². The molecule has 1 aliphatic rings. The fraction of sp³-hybridized carbons (Fsp3) is 0.900. The van der Waals surface area contributed by atoms with Crippen molar-refractivity contribution in [1.29, 1.82) is 0 Å². The molecule has 0 aliphatic carbocycles. The van der Waals surface area contributed by atoms with Crippen LogP contribution in [0.1, 0.15) is 20.3 Å². The maximum absolute atomic E-state index is 10.4. The highest BCUT2D eigenvalue weighted by Crippen LogP contribution is 2.16. The second kappa shape index (κ2) is 4.92. The first-order valence-electron chi connectivity index (χ1n) is 5.15. The van der Waals surface area contributed by atoms with Crippen LogP contribution in [-0.4, -0.2) is 59.0 Å². The summed E-state index contributed by atoms with van der Waals surface area (Å²) in [5.74, 6) is -0.963. The molecule has 5 heteroatoms. The lowest BCUT2D eigenvalue weighted by Gasteiger charge is -2.38. The summed E-state index contributed by atoms with van der Waals surface area (Å²) in [6, 6.07) is 0. The standard InChI is InChI=1S/C10H19NO4/c1-10(2)7-11(3-4-15-10)6-8(12)5-9(13)14/h8,12H,3-7H2,1-2H3,(H,13,14). The van der Waals surface area contributed by atoms with Crippen molar-refractivity contribution in [1.82, 2.24) is 4.90 Å². The Morgan fingerprint density at radius 3 is 2.80 bits per heavy atom. The lowest BCUT2D eigenvalue weighted by Crippen LogP contribution is -2.50. The van der Waals surface area contributed by atoms with Gasteiger partial charge in [0.15, 0.2) is 0 Å². The van der Waals surface area contributed by atoms with Crippen molar-refractivity contribution in [2.45, 2.75) is 32.0 Å². The van der Waals surface area contributed by atoms with Crippen LogP contribution >= 0.6 is 0 Å². The van der Waals surface area contributed by atoms with Gasteiger partial charge >= 0.3 is 5.97 Å². The quantitative estimate of drug-likeness (QED) is 0.690. The Morgan fingerprint density at radius 2 is 2.27 bits per heavy atom. The van der Waals surface area contributed by atoms with E-state index in [9.17, 15) is 9.90 Å². The molecule has 2 N–H and O–H groups in total. The van der Waals surface area contributed by atoms with E-state index in [1.165, 1.54) is 0 Å². The number of aliphatic hydroxyl groups excluding tert-OH is 1. The summed E-state index contributed by atoms with van der Waals surface area (Å²) in [5.41, 5.74) is -0.207. The van der Waals surface area contributed by atoms with Crippen LogP contribution in [0.3, 0.4) is 0 Å². The van der Waals surface area contributed by atoms with Gasteiger partial charge in [0, 0.05) is 19.6 Å². The maximum atomic E-state index is 10.4. The molecule has 1 atom stereocenters. The molecule has 1 saturated heterocycles. The van der Waals surface area contributed by atoms with Crippen molar-refractivity contribution < 1.29 is 19.7 Å². The van der Waals surface area contributed by atoms with Crippen molar-refractivity contribution in [2.24, 2.45) is 0 Å². The Labute approximate surface area is 89.6 Å². The summed E-state index contributed by atoms with van der Waals surface area (Å²) in [6.07, 6.45) is -0.992. The number of carboxylic acid groups (broad SMARTS) is 1. The van der Waals surface area contributed by atoms with Crippen molar-refractivity contribution in [3.63, 3.8) is 0 Å². The molecule has 1 fully saturated rings. The van der Waals surface area contributed by atoms with Crippen LogP contribution in [0, 0.1) is 0 Å². The summed E-state index contributed by atoms with van der Waals surface area (Å²) in [4.78, 5) is 12.4. The van der Waals surface area contributed by atoms with Crippen molar-refractivity contribution in [3.05, 3.63) is 0 Å². The molecular weight excluding hydrogens is 198 g/mol. The van der Waals surface area contributed by atoms with Crippen LogP contribution in [0.15, 0.2) is 0 Å². The van der Waals surface area contributed by atoms with E-state index >= 15 is 0 Å². The highest BCUT2D eigenvalue weighted by Gasteiger charge is 2.28. The summed E-state index contributed by atoms with van der Waals surface area (Å²) in [6.45, 7) is 6.49. The summed E-state index contributed by atoms with van der Waals surface area (Å²) in [7, 11) is 0. The van der Waals surface area contributed by atoms with Gasteiger partial charge in [0.2, 0.25) is 0 Å². The van der Waals surface area contributed by atoms with Crippen LogP contribution in [0.25, 0.3) is 0 Å². The monoisotopic (exact) mass is 217 g/mol. The third-order valence-electron chi connectivity index (χ3n) is 2.38. The lowest BCUT2D eigenvalue weighted by atomic mass is 10.1. The number of carboxylic acids is 1. The molecule has 5 nitrogen and oxygen atoms in total. The molecule has 0 amide bonds. The zero-order valence-electron chi connectivity index (χ0n) is 9.27. The van der Waals surface area contributed by atoms with Crippen LogP contribution in [0.5, 0.6) is 0 Å². The van der Waals surface area contributed by atoms with E-state index in [1.807, 2.05) is 18.7 Å². The first kappa shape index (κ1) is 12.4. The highest BCUT2D eigenvalue weighted by molar-refractivity contribution is 5.67. The number of hydrogen-bond donors (Lipinski definition) is 2. The molecule has 1 rings (SSSR count). The molecule has 1 unspecified atom stereocenters. The minimum absolute atomic E-state index is 0.197. The van der Waals surface area contributed by atoms with Crippen molar-refractivity contribution >= 4 is 5.97 Å². The summed E-state index contributed by atoms with van der Waals surface area (Å²) >= 11 is 0. The van der Waals surface area contributed by atoms with Gasteiger partial charge in [-0.3, -0.25) is 9.69 Å². The Kier molecular flexibility index (Phi) is 4.07. The Bertz CT molecular complexity index is 229. The first-order valence-corrected chi connectivity index (χ1v) is 5.15. The minimum Gasteiger partial charge on any atom is -0.481 e. The summed E-state index contributed by atoms with van der Waals surface area (Å²) in [5, 5.41) is 18.0. The molecule has 88 valence electrons. The number of rotatable bonds is 4. The molecule has 0 aromatic rings. The Balaban J connectivity index is 2.34. The number of hydrogen-bond acceptors (Lipinski definition) is 4. The van der Waals surface area contributed by atoms with Crippen LogP contribution in [-0.2, 0) is 9.53 Å². The van der Waals surface area contributed by atoms with Crippen molar-refractivity contribution in [3.8, 4) is 0 Å². The van der Waals surface area contributed by atoms with Crippen LogP contribution < -0.4 is 0 Å². The molecule has 0 aromatic carbocycles. The van der Waals surface area contributed by atoms with Gasteiger partial charge in [-0.2, -0.15) is 0 Å². The van der Waals surface area contributed by atoms with E-state index in [0.29, 0.717) is 13.2 Å². The molecular formula is C10H19NO4. The minimum atomic E-state index is -0.963. The van der Waals surface area contributed by atoms with E-state index in [2.05, 4.69) is 0 Å². The zero-order valence-corrected chi connectivity index (χ0v) is 9.27. The number of aliphatic hydroxyl groups is 1. The number of ether oxygens (including phenoxy) is 1. The number of aliphatic carboxylic acids is 1. The van der Waals surface area contributed by atoms with Gasteiger partial charge in [0.25, 0.3) is 0 Å². The largest absolute Gasteiger partial charge is 0.481 e. The lowest BCUT2D eigenvalue weighted by molar-refractivity contribution is -0.140. The molecule has 0 aromatic heterocycles. The molecule has 0 spiro atoms. The SMILES string of the molecule is CC1(C)CN(CC(O)CC(=O)O)CCO1. The molecule has 0 saturated carbocycles. The van der Waals surface area contributed by atoms with Gasteiger partial charge < -0.3 is 14.9 Å². The van der Waals surface area contributed by atoms with Gasteiger partial charge in [-0.15, -0.1) is 0 Å². The van der Waals surface area contributed by atoms with Crippen LogP contribution in [0.2, 0.25) is 0 Å². The van der Waals surface area contributed by atoms with E-state index in [-0.39, 0.29) is 12.0 Å². The van der Waals surface area contributed by atoms with E-state index in [4.69, 9.17) is 9.84 Å². The number of β-amino-alcohol motifs (C(OH)–C–C–N with tert-alkyl or cyclic N) is 1. The highest BCUT2D eigenvalue weighted by atomic mass is 16.5. The Hall–Kier alpha value is -0.650. The van der Waals surface area contributed by atoms with E-state index in [1.54, 1.807) is 0 Å². The molecule has 1 aliphatic heterocycles. The van der Waals surface area contributed by atoms with Gasteiger partial charge in [0.1, 0.15) is 0 Å². The molecule has 15 heavy (non-hydrogen) atoms. The molecule has 0 bridgehead atoms.